The molecule has 0 fully saturated rings. The number of hydrogen-bond donors (Lipinski definition) is 1. The third-order valence-electron chi connectivity index (χ3n) is 2.12. The predicted octanol–water partition coefficient (Wildman–Crippen LogP) is 1.82. The van der Waals surface area contributed by atoms with Gasteiger partial charge in [0.1, 0.15) is 0 Å². The molecule has 3 heteroatoms. The molecule has 2 rings (SSSR count). The highest BCUT2D eigenvalue weighted by Gasteiger charge is 2.01. The molecule has 1 aromatic heterocycles. The van der Waals surface area contributed by atoms with Gasteiger partial charge in [0.15, 0.2) is 0 Å². The Balaban J connectivity index is 2.23. The Morgan fingerprint density at radius 3 is 2.57 bits per heavy atom. The first-order valence-corrected chi connectivity index (χ1v) is 4.59. The van der Waals surface area contributed by atoms with Crippen LogP contribution >= 0.6 is 0 Å². The number of nitrogens with zero attached hydrogens (tertiary/aromatic N) is 2. The second-order valence-corrected chi connectivity index (χ2v) is 3.35. The number of benzene rings is 1. The van der Waals surface area contributed by atoms with Gasteiger partial charge in [0.25, 0.3) is 0 Å². The van der Waals surface area contributed by atoms with Gasteiger partial charge in [-0.05, 0) is 12.5 Å². The van der Waals surface area contributed by atoms with Crippen LogP contribution < -0.4 is 5.73 Å². The molecule has 72 valence electrons. The van der Waals surface area contributed by atoms with Gasteiger partial charge in [0.2, 0.25) is 5.95 Å². The first kappa shape index (κ1) is 8.81. The highest BCUT2D eigenvalue weighted by atomic mass is 15.1. The molecule has 2 aromatic rings. The molecule has 14 heavy (non-hydrogen) atoms. The molecule has 0 saturated carbocycles. The van der Waals surface area contributed by atoms with Gasteiger partial charge < -0.3 is 10.3 Å². The van der Waals surface area contributed by atoms with Crippen LogP contribution in [0.3, 0.4) is 0 Å². The lowest BCUT2D eigenvalue weighted by Crippen LogP contribution is -2.03. The Morgan fingerprint density at radius 1 is 1.29 bits per heavy atom. The summed E-state index contributed by atoms with van der Waals surface area (Å²) in [4.78, 5) is 4.15. The lowest BCUT2D eigenvalue weighted by Gasteiger charge is -2.03. The molecule has 1 aromatic carbocycles. The number of nitrogen functional groups attached to an aromatic ring is 1. The van der Waals surface area contributed by atoms with Crippen LogP contribution in [-0.4, -0.2) is 9.55 Å². The summed E-state index contributed by atoms with van der Waals surface area (Å²) >= 11 is 0. The largest absolute Gasteiger partial charge is 0.369 e. The summed E-state index contributed by atoms with van der Waals surface area (Å²) in [6.45, 7) is 2.73. The minimum atomic E-state index is 0.575. The Kier molecular flexibility index (Phi) is 2.23. The molecule has 3 nitrogen and oxygen atoms in total. The number of anilines is 1. The predicted molar refractivity (Wildman–Crippen MR) is 56.9 cm³/mol. The lowest BCUT2D eigenvalue weighted by molar-refractivity contribution is 0.810. The zero-order valence-electron chi connectivity index (χ0n) is 8.14. The Morgan fingerprint density at radius 2 is 2.00 bits per heavy atom. The van der Waals surface area contributed by atoms with E-state index < -0.39 is 0 Å². The molecule has 0 saturated heterocycles. The number of rotatable bonds is 2. The highest BCUT2D eigenvalue weighted by molar-refractivity contribution is 5.24. The average molecular weight is 187 g/mol. The highest BCUT2D eigenvalue weighted by Crippen LogP contribution is 2.08. The average Bonchev–Trinajstić information content (AvgIpc) is 2.47. The molecule has 0 aliphatic heterocycles. The molecule has 0 unspecified atom stereocenters. The maximum atomic E-state index is 5.74. The molecule has 0 atom stereocenters. The van der Waals surface area contributed by atoms with E-state index in [9.17, 15) is 0 Å². The number of aromatic nitrogens is 2. The summed E-state index contributed by atoms with van der Waals surface area (Å²) in [5.41, 5.74) is 7.93. The second-order valence-electron chi connectivity index (χ2n) is 3.35. The fourth-order valence-electron chi connectivity index (χ4n) is 1.47. The molecular weight excluding hydrogens is 174 g/mol. The minimum absolute atomic E-state index is 0.575. The van der Waals surface area contributed by atoms with E-state index in [0.29, 0.717) is 5.95 Å². The van der Waals surface area contributed by atoms with E-state index in [2.05, 4.69) is 17.1 Å². The Labute approximate surface area is 83.2 Å². The van der Waals surface area contributed by atoms with Gasteiger partial charge in [-0.15, -0.1) is 0 Å². The molecule has 1 heterocycles. The van der Waals surface area contributed by atoms with Crippen LogP contribution in [0.15, 0.2) is 36.5 Å². The van der Waals surface area contributed by atoms with Crippen LogP contribution in [0, 0.1) is 6.92 Å². The number of aryl methyl sites for hydroxylation is 1. The van der Waals surface area contributed by atoms with Crippen molar-refractivity contribution in [2.45, 2.75) is 13.5 Å². The standard InChI is InChI=1S/C11H13N3/c1-9-7-14(11(12)13-9)8-10-5-3-2-4-6-10/h2-7H,8H2,1H3,(H2,12,13). The van der Waals surface area contributed by atoms with E-state index in [1.54, 1.807) is 0 Å². The summed E-state index contributed by atoms with van der Waals surface area (Å²) in [5, 5.41) is 0. The summed E-state index contributed by atoms with van der Waals surface area (Å²) in [7, 11) is 0. The van der Waals surface area contributed by atoms with Gasteiger partial charge >= 0.3 is 0 Å². The van der Waals surface area contributed by atoms with E-state index in [0.717, 1.165) is 12.2 Å². The van der Waals surface area contributed by atoms with E-state index >= 15 is 0 Å². The van der Waals surface area contributed by atoms with Crippen LogP contribution in [0.4, 0.5) is 5.95 Å². The van der Waals surface area contributed by atoms with Crippen LogP contribution in [0.1, 0.15) is 11.3 Å². The van der Waals surface area contributed by atoms with Crippen molar-refractivity contribution in [2.75, 3.05) is 5.73 Å². The first-order chi connectivity index (χ1) is 6.75. The monoisotopic (exact) mass is 187 g/mol. The molecule has 2 N–H and O–H groups in total. The number of hydrogen-bond acceptors (Lipinski definition) is 2. The van der Waals surface area contributed by atoms with Crippen molar-refractivity contribution < 1.29 is 0 Å². The molecule has 0 amide bonds. The quantitative estimate of drug-likeness (QED) is 0.779. The third kappa shape index (κ3) is 1.76. The SMILES string of the molecule is Cc1cn(Cc2ccccc2)c(N)n1. The van der Waals surface area contributed by atoms with Crippen LogP contribution in [0.25, 0.3) is 0 Å². The van der Waals surface area contributed by atoms with Crippen molar-refractivity contribution >= 4 is 5.95 Å². The minimum Gasteiger partial charge on any atom is -0.369 e. The fourth-order valence-corrected chi connectivity index (χ4v) is 1.47. The Hall–Kier alpha value is -1.77. The number of imidazole rings is 1. The lowest BCUT2D eigenvalue weighted by atomic mass is 10.2. The number of nitrogens with two attached hydrogens (primary N) is 1. The van der Waals surface area contributed by atoms with Gasteiger partial charge in [0.05, 0.1) is 12.2 Å². The topological polar surface area (TPSA) is 43.8 Å². The molecular formula is C11H13N3. The van der Waals surface area contributed by atoms with Crippen molar-refractivity contribution in [3.05, 3.63) is 47.8 Å². The Bertz CT molecular complexity index is 417. The zero-order chi connectivity index (χ0) is 9.97. The first-order valence-electron chi connectivity index (χ1n) is 4.59. The summed E-state index contributed by atoms with van der Waals surface area (Å²) in [5.74, 6) is 0.575. The van der Waals surface area contributed by atoms with E-state index in [-0.39, 0.29) is 0 Å². The van der Waals surface area contributed by atoms with Crippen molar-refractivity contribution in [3.8, 4) is 0 Å². The smallest absolute Gasteiger partial charge is 0.200 e. The third-order valence-corrected chi connectivity index (χ3v) is 2.12. The van der Waals surface area contributed by atoms with Crippen molar-refractivity contribution in [3.63, 3.8) is 0 Å². The molecule has 0 radical (unpaired) electrons. The van der Waals surface area contributed by atoms with Gasteiger partial charge in [0, 0.05) is 6.20 Å². The second kappa shape index (κ2) is 3.54. The van der Waals surface area contributed by atoms with Crippen LogP contribution in [-0.2, 0) is 6.54 Å². The molecule has 0 aliphatic carbocycles. The van der Waals surface area contributed by atoms with Crippen molar-refractivity contribution in [2.24, 2.45) is 0 Å². The molecule has 0 aliphatic rings. The van der Waals surface area contributed by atoms with Gasteiger partial charge in [-0.25, -0.2) is 4.98 Å². The fraction of sp³-hybridized carbons (Fsp3) is 0.182. The van der Waals surface area contributed by atoms with Gasteiger partial charge in [-0.1, -0.05) is 30.3 Å². The normalized spacial score (nSPS) is 10.4. The summed E-state index contributed by atoms with van der Waals surface area (Å²) < 4.78 is 1.95. The van der Waals surface area contributed by atoms with E-state index in [1.807, 2.05) is 35.9 Å². The van der Waals surface area contributed by atoms with Crippen LogP contribution in [0.2, 0.25) is 0 Å². The van der Waals surface area contributed by atoms with Crippen molar-refractivity contribution in [1.82, 2.24) is 9.55 Å². The summed E-state index contributed by atoms with van der Waals surface area (Å²) in [6.07, 6.45) is 1.96. The van der Waals surface area contributed by atoms with E-state index in [1.165, 1.54) is 5.56 Å². The van der Waals surface area contributed by atoms with Crippen molar-refractivity contribution in [1.29, 1.82) is 0 Å². The molecule has 0 spiro atoms. The zero-order valence-corrected chi connectivity index (χ0v) is 8.14. The van der Waals surface area contributed by atoms with Gasteiger partial charge in [-0.3, -0.25) is 0 Å². The van der Waals surface area contributed by atoms with Gasteiger partial charge in [-0.2, -0.15) is 0 Å². The molecule has 0 bridgehead atoms. The maximum Gasteiger partial charge on any atom is 0.200 e. The summed E-state index contributed by atoms with van der Waals surface area (Å²) in [6, 6.07) is 10.2. The van der Waals surface area contributed by atoms with Crippen LogP contribution in [0.5, 0.6) is 0 Å². The maximum absolute atomic E-state index is 5.74. The van der Waals surface area contributed by atoms with E-state index in [4.69, 9.17) is 5.73 Å².